The van der Waals surface area contributed by atoms with E-state index in [0.717, 1.165) is 4.68 Å². The summed E-state index contributed by atoms with van der Waals surface area (Å²) >= 11 is 0. The highest BCUT2D eigenvalue weighted by Gasteiger charge is 2.12. The third-order valence-corrected chi connectivity index (χ3v) is 2.19. The maximum Gasteiger partial charge on any atom is 0.363 e. The topological polar surface area (TPSA) is 67.8 Å². The Morgan fingerprint density at radius 3 is 2.81 bits per heavy atom. The van der Waals surface area contributed by atoms with Gasteiger partial charge in [0.2, 0.25) is 0 Å². The van der Waals surface area contributed by atoms with E-state index in [1.165, 1.54) is 25.2 Å². The summed E-state index contributed by atoms with van der Waals surface area (Å²) in [6, 6.07) is 4.14. The van der Waals surface area contributed by atoms with Crippen LogP contribution in [0.4, 0.5) is 4.39 Å². The number of aromatic amines is 1. The van der Waals surface area contributed by atoms with Crippen LogP contribution in [0.3, 0.4) is 0 Å². The molecule has 0 aliphatic heterocycles. The lowest BCUT2D eigenvalue weighted by Gasteiger charge is -2.01. The van der Waals surface area contributed by atoms with Gasteiger partial charge < -0.3 is 0 Å². The van der Waals surface area contributed by atoms with Crippen LogP contribution in [-0.2, 0) is 7.05 Å². The highest BCUT2D eigenvalue weighted by molar-refractivity contribution is 5.85. The third kappa shape index (κ3) is 1.54. The van der Waals surface area contributed by atoms with Crippen LogP contribution in [0.15, 0.2) is 23.0 Å². The molecule has 0 bridgehead atoms. The molecule has 0 aliphatic rings. The fourth-order valence-corrected chi connectivity index (χ4v) is 1.39. The molecule has 16 heavy (non-hydrogen) atoms. The molecule has 1 heterocycles. The number of halogens is 1. The zero-order chi connectivity index (χ0) is 11.7. The van der Waals surface area contributed by atoms with E-state index in [-0.39, 0.29) is 17.0 Å². The molecule has 2 rings (SSSR count). The molecule has 0 fully saturated rings. The normalized spacial score (nSPS) is 10.4. The molecular formula is C10H8FN3O2. The number of nitrogens with one attached hydrogen (secondary N) is 1. The van der Waals surface area contributed by atoms with Crippen molar-refractivity contribution in [2.75, 3.05) is 0 Å². The predicted molar refractivity (Wildman–Crippen MR) is 54.6 cm³/mol. The summed E-state index contributed by atoms with van der Waals surface area (Å²) in [5.74, 6) is -0.465. The summed E-state index contributed by atoms with van der Waals surface area (Å²) in [4.78, 5) is 25.5. The molecule has 0 radical (unpaired) electrons. The van der Waals surface area contributed by atoms with Crippen LogP contribution < -0.4 is 5.69 Å². The standard InChI is InChI=1S/C10H8FN3O2/c1-14-10(16)12-9(13-14)6-3-2-4-8(11)7(6)5-15/h2-5H,1H3,(H,12,13,16). The number of aldehydes is 1. The van der Waals surface area contributed by atoms with E-state index >= 15 is 0 Å². The number of nitrogens with zero attached hydrogens (tertiary/aromatic N) is 2. The second-order valence-electron chi connectivity index (χ2n) is 3.23. The molecule has 0 saturated heterocycles. The minimum atomic E-state index is -0.640. The van der Waals surface area contributed by atoms with E-state index in [2.05, 4.69) is 10.1 Å². The number of hydrogen-bond acceptors (Lipinski definition) is 3. The molecule has 0 saturated carbocycles. The van der Waals surface area contributed by atoms with Crippen LogP contribution in [0.25, 0.3) is 11.4 Å². The highest BCUT2D eigenvalue weighted by Crippen LogP contribution is 2.19. The number of H-pyrrole nitrogens is 1. The minimum Gasteiger partial charge on any atom is -0.298 e. The molecule has 0 aliphatic carbocycles. The van der Waals surface area contributed by atoms with Gasteiger partial charge >= 0.3 is 5.69 Å². The molecular weight excluding hydrogens is 213 g/mol. The first-order valence-corrected chi connectivity index (χ1v) is 4.50. The van der Waals surface area contributed by atoms with Crippen LogP contribution >= 0.6 is 0 Å². The van der Waals surface area contributed by atoms with Crippen molar-refractivity contribution in [1.82, 2.24) is 14.8 Å². The van der Waals surface area contributed by atoms with Gasteiger partial charge in [-0.25, -0.2) is 13.9 Å². The molecule has 82 valence electrons. The highest BCUT2D eigenvalue weighted by atomic mass is 19.1. The van der Waals surface area contributed by atoms with Crippen molar-refractivity contribution < 1.29 is 9.18 Å². The molecule has 1 N–H and O–H groups in total. The molecule has 0 spiro atoms. The second kappa shape index (κ2) is 3.73. The Hall–Kier alpha value is -2.24. The van der Waals surface area contributed by atoms with Crippen molar-refractivity contribution in [2.45, 2.75) is 0 Å². The second-order valence-corrected chi connectivity index (χ2v) is 3.23. The number of hydrogen-bond donors (Lipinski definition) is 1. The van der Waals surface area contributed by atoms with Crippen LogP contribution in [0, 0.1) is 5.82 Å². The van der Waals surface area contributed by atoms with Crippen molar-refractivity contribution in [2.24, 2.45) is 7.05 Å². The molecule has 1 aromatic heterocycles. The summed E-state index contributed by atoms with van der Waals surface area (Å²) < 4.78 is 14.4. The monoisotopic (exact) mass is 221 g/mol. The van der Waals surface area contributed by atoms with Gasteiger partial charge in [0.15, 0.2) is 12.1 Å². The fourth-order valence-electron chi connectivity index (χ4n) is 1.39. The van der Waals surface area contributed by atoms with Crippen LogP contribution in [-0.4, -0.2) is 21.1 Å². The number of carbonyl (C=O) groups is 1. The Balaban J connectivity index is 2.68. The molecule has 6 heteroatoms. The molecule has 0 amide bonds. The van der Waals surface area contributed by atoms with Gasteiger partial charge in [0.25, 0.3) is 0 Å². The smallest absolute Gasteiger partial charge is 0.298 e. The van der Waals surface area contributed by atoms with Gasteiger partial charge in [-0.1, -0.05) is 12.1 Å². The Kier molecular flexibility index (Phi) is 2.40. The summed E-state index contributed by atoms with van der Waals surface area (Å²) in [6.45, 7) is 0. The van der Waals surface area contributed by atoms with E-state index < -0.39 is 11.5 Å². The van der Waals surface area contributed by atoms with Crippen molar-refractivity contribution in [1.29, 1.82) is 0 Å². The van der Waals surface area contributed by atoms with E-state index in [1.54, 1.807) is 0 Å². The number of aryl methyl sites for hydroxylation is 1. The molecule has 0 atom stereocenters. The maximum atomic E-state index is 13.3. The number of benzene rings is 1. The Morgan fingerprint density at radius 2 is 2.25 bits per heavy atom. The summed E-state index contributed by atoms with van der Waals surface area (Å²) in [5, 5.41) is 2.63. The average Bonchev–Trinajstić information content (AvgIpc) is 2.59. The minimum absolute atomic E-state index is 0.114. The number of rotatable bonds is 2. The molecule has 1 aromatic carbocycles. The SMILES string of the molecule is Cn1[nH]c(-c2cccc(F)c2C=O)nc1=O. The fraction of sp³-hybridized carbons (Fsp3) is 0.100. The van der Waals surface area contributed by atoms with Gasteiger partial charge in [0.1, 0.15) is 5.82 Å². The van der Waals surface area contributed by atoms with Gasteiger partial charge in [0, 0.05) is 12.6 Å². The van der Waals surface area contributed by atoms with E-state index in [9.17, 15) is 14.0 Å². The first kappa shape index (κ1) is 10.3. The Labute approximate surface area is 89.5 Å². The van der Waals surface area contributed by atoms with E-state index in [4.69, 9.17) is 0 Å². The lowest BCUT2D eigenvalue weighted by atomic mass is 10.1. The molecule has 0 unspecified atom stereocenters. The first-order valence-electron chi connectivity index (χ1n) is 4.50. The van der Waals surface area contributed by atoms with Gasteiger partial charge in [-0.05, 0) is 6.07 Å². The van der Waals surface area contributed by atoms with E-state index in [0.29, 0.717) is 6.29 Å². The quantitative estimate of drug-likeness (QED) is 0.760. The maximum absolute atomic E-state index is 13.3. The summed E-state index contributed by atoms with van der Waals surface area (Å²) in [7, 11) is 1.48. The summed E-state index contributed by atoms with van der Waals surface area (Å²) in [5.41, 5.74) is -0.333. The van der Waals surface area contributed by atoms with Crippen LogP contribution in [0.2, 0.25) is 0 Å². The van der Waals surface area contributed by atoms with Crippen molar-refractivity contribution in [3.8, 4) is 11.4 Å². The molecule has 2 aromatic rings. The first-order chi connectivity index (χ1) is 7.63. The number of aromatic nitrogens is 3. The average molecular weight is 221 g/mol. The molecule has 5 nitrogen and oxygen atoms in total. The van der Waals surface area contributed by atoms with Gasteiger partial charge in [-0.2, -0.15) is 4.98 Å². The van der Waals surface area contributed by atoms with Crippen molar-refractivity contribution in [3.05, 3.63) is 40.1 Å². The zero-order valence-corrected chi connectivity index (χ0v) is 8.40. The summed E-state index contributed by atoms with van der Waals surface area (Å²) in [6.07, 6.45) is 0.400. The van der Waals surface area contributed by atoms with Crippen LogP contribution in [0.5, 0.6) is 0 Å². The third-order valence-electron chi connectivity index (χ3n) is 2.19. The largest absolute Gasteiger partial charge is 0.363 e. The Bertz CT molecular complexity index is 600. The number of carbonyl (C=O) groups excluding carboxylic acids is 1. The van der Waals surface area contributed by atoms with Crippen LogP contribution in [0.1, 0.15) is 10.4 Å². The van der Waals surface area contributed by atoms with E-state index in [1.807, 2.05) is 0 Å². The lowest BCUT2D eigenvalue weighted by Crippen LogP contribution is -2.13. The van der Waals surface area contributed by atoms with Crippen molar-refractivity contribution >= 4 is 6.29 Å². The Morgan fingerprint density at radius 1 is 1.50 bits per heavy atom. The predicted octanol–water partition coefficient (Wildman–Crippen LogP) is 0.727. The van der Waals surface area contributed by atoms with Gasteiger partial charge in [-0.3, -0.25) is 9.89 Å². The van der Waals surface area contributed by atoms with Gasteiger partial charge in [-0.15, -0.1) is 0 Å². The van der Waals surface area contributed by atoms with Crippen molar-refractivity contribution in [3.63, 3.8) is 0 Å². The lowest BCUT2D eigenvalue weighted by molar-refractivity contribution is 0.112. The zero-order valence-electron chi connectivity index (χ0n) is 8.40. The van der Waals surface area contributed by atoms with Gasteiger partial charge in [0.05, 0.1) is 5.56 Å².